The highest BCUT2D eigenvalue weighted by atomic mass is 35.5. The number of aldehydes is 1. The highest BCUT2D eigenvalue weighted by Crippen LogP contribution is 2.36. The quantitative estimate of drug-likeness (QED) is 0.454. The first-order valence-electron chi connectivity index (χ1n) is 4.38. The fraction of sp³-hybridized carbons (Fsp3) is 0.200. The molecule has 1 saturated heterocycles. The lowest BCUT2D eigenvalue weighted by molar-refractivity contribution is -0.107. The van der Waals surface area contributed by atoms with Crippen LogP contribution in [0.25, 0.3) is 0 Å². The minimum Gasteiger partial charge on any atom is -0.302 e. The molecule has 1 aromatic rings. The molecule has 5 heteroatoms. The molecule has 1 heterocycles. The molecule has 0 radical (unpaired) electrons. The maximum Gasteiger partial charge on any atom is 0.288 e. The van der Waals surface area contributed by atoms with Crippen LogP contribution >= 0.6 is 23.4 Å². The Kier molecular flexibility index (Phi) is 2.98. The van der Waals surface area contributed by atoms with Crippen molar-refractivity contribution in [3.8, 4) is 0 Å². The number of amides is 1. The second-order valence-electron chi connectivity index (χ2n) is 3.06. The van der Waals surface area contributed by atoms with Crippen LogP contribution in [-0.4, -0.2) is 22.3 Å². The molecule has 0 aliphatic carbocycles. The van der Waals surface area contributed by atoms with Gasteiger partial charge in [-0.1, -0.05) is 29.8 Å². The Morgan fingerprint density at radius 3 is 2.53 bits per heavy atom. The number of hydrogen-bond acceptors (Lipinski definition) is 3. The van der Waals surface area contributed by atoms with Crippen molar-refractivity contribution >= 4 is 40.6 Å². The lowest BCUT2D eigenvalue weighted by Crippen LogP contribution is -2.32. The van der Waals surface area contributed by atoms with Crippen molar-refractivity contribution in [1.82, 2.24) is 0 Å². The average Bonchev–Trinajstić information content (AvgIpc) is 2.55. The standard InChI is InChI=1S/C10H8ClNO2S/c11-9-8(6-13)15-10(14)12(9)7-4-2-1-3-5-7/h1-6,8-9H/t8-,9+/m0/s1. The van der Waals surface area contributed by atoms with Crippen LogP contribution in [0.3, 0.4) is 0 Å². The number of hydrogen-bond donors (Lipinski definition) is 0. The maximum atomic E-state index is 11.6. The maximum absolute atomic E-state index is 11.6. The van der Waals surface area contributed by atoms with Gasteiger partial charge in [0.15, 0.2) is 0 Å². The number of carbonyl (C=O) groups is 2. The molecule has 0 bridgehead atoms. The molecular formula is C10H8ClNO2S. The van der Waals surface area contributed by atoms with Crippen LogP contribution in [-0.2, 0) is 4.79 Å². The summed E-state index contributed by atoms with van der Waals surface area (Å²) < 4.78 is 0. The number of para-hydroxylation sites is 1. The fourth-order valence-corrected chi connectivity index (χ4v) is 2.73. The number of thioether (sulfide) groups is 1. The first-order chi connectivity index (χ1) is 7.24. The summed E-state index contributed by atoms with van der Waals surface area (Å²) in [7, 11) is 0. The number of anilines is 1. The van der Waals surface area contributed by atoms with Crippen molar-refractivity contribution in [2.75, 3.05) is 4.90 Å². The SMILES string of the molecule is O=C[C@@H]1SC(=O)N(c2ccccc2)[C@H]1Cl. The lowest BCUT2D eigenvalue weighted by Gasteiger charge is -2.19. The van der Waals surface area contributed by atoms with E-state index in [1.54, 1.807) is 12.1 Å². The first-order valence-corrected chi connectivity index (χ1v) is 5.70. The van der Waals surface area contributed by atoms with Crippen LogP contribution in [0.4, 0.5) is 10.5 Å². The minimum atomic E-state index is -0.595. The number of nitrogens with zero attached hydrogens (tertiary/aromatic N) is 1. The van der Waals surface area contributed by atoms with Gasteiger partial charge in [0.2, 0.25) is 0 Å². The van der Waals surface area contributed by atoms with Gasteiger partial charge in [-0.3, -0.25) is 9.69 Å². The topological polar surface area (TPSA) is 37.4 Å². The molecule has 0 aromatic heterocycles. The van der Waals surface area contributed by atoms with E-state index >= 15 is 0 Å². The molecule has 2 atom stereocenters. The zero-order valence-electron chi connectivity index (χ0n) is 7.67. The van der Waals surface area contributed by atoms with Gasteiger partial charge in [0.1, 0.15) is 17.0 Å². The summed E-state index contributed by atoms with van der Waals surface area (Å²) in [6.45, 7) is 0. The van der Waals surface area contributed by atoms with E-state index in [0.717, 1.165) is 17.4 Å². The summed E-state index contributed by atoms with van der Waals surface area (Å²) in [6.07, 6.45) is 0.711. The lowest BCUT2D eigenvalue weighted by atomic mass is 10.3. The smallest absolute Gasteiger partial charge is 0.288 e. The van der Waals surface area contributed by atoms with Crippen LogP contribution in [0.5, 0.6) is 0 Å². The van der Waals surface area contributed by atoms with Crippen molar-refractivity contribution in [3.63, 3.8) is 0 Å². The highest BCUT2D eigenvalue weighted by Gasteiger charge is 2.40. The molecule has 0 spiro atoms. The van der Waals surface area contributed by atoms with Gasteiger partial charge in [0, 0.05) is 5.69 Å². The monoisotopic (exact) mass is 241 g/mol. The summed E-state index contributed by atoms with van der Waals surface area (Å²) in [4.78, 5) is 23.7. The molecule has 1 fully saturated rings. The van der Waals surface area contributed by atoms with Crippen molar-refractivity contribution < 1.29 is 9.59 Å². The molecule has 2 rings (SSSR count). The summed E-state index contributed by atoms with van der Waals surface area (Å²) in [5.74, 6) is 0. The Morgan fingerprint density at radius 1 is 1.33 bits per heavy atom. The average molecular weight is 242 g/mol. The molecule has 0 N–H and O–H groups in total. The van der Waals surface area contributed by atoms with E-state index in [0.29, 0.717) is 6.29 Å². The van der Waals surface area contributed by atoms with Crippen molar-refractivity contribution in [2.24, 2.45) is 0 Å². The van der Waals surface area contributed by atoms with Crippen molar-refractivity contribution in [2.45, 2.75) is 10.8 Å². The zero-order valence-corrected chi connectivity index (χ0v) is 9.24. The normalized spacial score (nSPS) is 25.7. The van der Waals surface area contributed by atoms with E-state index in [9.17, 15) is 9.59 Å². The van der Waals surface area contributed by atoms with E-state index in [2.05, 4.69) is 0 Å². The van der Waals surface area contributed by atoms with Gasteiger partial charge < -0.3 is 4.79 Å². The van der Waals surface area contributed by atoms with Crippen LogP contribution in [0.2, 0.25) is 0 Å². The second kappa shape index (κ2) is 4.24. The summed E-state index contributed by atoms with van der Waals surface area (Å²) in [5.41, 5.74) is 0.127. The highest BCUT2D eigenvalue weighted by molar-refractivity contribution is 8.15. The summed E-state index contributed by atoms with van der Waals surface area (Å²) in [5, 5.41) is -0.669. The van der Waals surface area contributed by atoms with Gasteiger partial charge in [0.05, 0.1) is 0 Å². The number of rotatable bonds is 2. The number of benzene rings is 1. The van der Waals surface area contributed by atoms with Crippen molar-refractivity contribution in [1.29, 1.82) is 0 Å². The molecule has 1 aromatic carbocycles. The van der Waals surface area contributed by atoms with Gasteiger partial charge in [-0.2, -0.15) is 0 Å². The van der Waals surface area contributed by atoms with E-state index in [1.807, 2.05) is 18.2 Å². The Bertz CT molecular complexity index is 384. The van der Waals surface area contributed by atoms with E-state index in [4.69, 9.17) is 11.6 Å². The minimum absolute atomic E-state index is 0.182. The molecule has 15 heavy (non-hydrogen) atoms. The van der Waals surface area contributed by atoms with Crippen LogP contribution < -0.4 is 4.90 Å². The van der Waals surface area contributed by atoms with Crippen LogP contribution in [0.15, 0.2) is 30.3 Å². The molecule has 3 nitrogen and oxygen atoms in total. The molecule has 78 valence electrons. The van der Waals surface area contributed by atoms with E-state index in [1.165, 1.54) is 4.90 Å². The number of alkyl halides is 1. The number of halogens is 1. The second-order valence-corrected chi connectivity index (χ2v) is 4.64. The first kappa shape index (κ1) is 10.5. The Morgan fingerprint density at radius 2 is 2.00 bits per heavy atom. The Hall–Kier alpha value is -1.00. The Balaban J connectivity index is 2.30. The van der Waals surface area contributed by atoms with Crippen LogP contribution in [0.1, 0.15) is 0 Å². The van der Waals surface area contributed by atoms with Gasteiger partial charge in [-0.15, -0.1) is 0 Å². The predicted octanol–water partition coefficient (Wildman–Crippen LogP) is 2.49. The molecule has 1 aliphatic heterocycles. The third kappa shape index (κ3) is 1.87. The van der Waals surface area contributed by atoms with Crippen molar-refractivity contribution in [3.05, 3.63) is 30.3 Å². The third-order valence-electron chi connectivity index (χ3n) is 2.12. The van der Waals surface area contributed by atoms with Gasteiger partial charge >= 0.3 is 0 Å². The predicted molar refractivity (Wildman–Crippen MR) is 61.4 cm³/mol. The van der Waals surface area contributed by atoms with Gasteiger partial charge in [-0.05, 0) is 23.9 Å². The zero-order chi connectivity index (χ0) is 10.8. The molecule has 1 aliphatic rings. The van der Waals surface area contributed by atoms with E-state index in [-0.39, 0.29) is 5.24 Å². The van der Waals surface area contributed by atoms with Gasteiger partial charge in [-0.25, -0.2) is 0 Å². The molecule has 1 amide bonds. The summed E-state index contributed by atoms with van der Waals surface area (Å²) >= 11 is 6.99. The molecular weight excluding hydrogens is 234 g/mol. The number of carbonyl (C=O) groups excluding carboxylic acids is 2. The molecule has 0 saturated carbocycles. The largest absolute Gasteiger partial charge is 0.302 e. The third-order valence-corrected chi connectivity index (χ3v) is 3.78. The fourth-order valence-electron chi connectivity index (χ4n) is 1.41. The van der Waals surface area contributed by atoms with E-state index < -0.39 is 10.8 Å². The van der Waals surface area contributed by atoms with Gasteiger partial charge in [0.25, 0.3) is 5.24 Å². The summed E-state index contributed by atoms with van der Waals surface area (Å²) in [6, 6.07) is 9.09. The molecule has 0 unspecified atom stereocenters. The van der Waals surface area contributed by atoms with Crippen LogP contribution in [0, 0.1) is 0 Å². The Labute approximate surface area is 96.4 Å².